The first kappa shape index (κ1) is 11.1. The molecule has 0 amide bonds. The Hall–Kier alpha value is -0.963. The fourth-order valence-corrected chi connectivity index (χ4v) is 2.17. The molecule has 0 aliphatic carbocycles. The van der Waals surface area contributed by atoms with Crippen LogP contribution in [0, 0.1) is 13.8 Å². The molecule has 0 saturated heterocycles. The van der Waals surface area contributed by atoms with E-state index in [-0.39, 0.29) is 0 Å². The van der Waals surface area contributed by atoms with Gasteiger partial charge in [-0.15, -0.1) is 0 Å². The van der Waals surface area contributed by atoms with E-state index >= 15 is 0 Å². The van der Waals surface area contributed by atoms with Crippen molar-refractivity contribution in [2.75, 3.05) is 5.73 Å². The first-order chi connectivity index (χ1) is 6.29. The second-order valence-corrected chi connectivity index (χ2v) is 9.12. The van der Waals surface area contributed by atoms with E-state index in [1.807, 2.05) is 13.0 Å². The third-order valence-electron chi connectivity index (χ3n) is 1.98. The van der Waals surface area contributed by atoms with Gasteiger partial charge in [-0.1, -0.05) is 6.07 Å². The van der Waals surface area contributed by atoms with Crippen molar-refractivity contribution in [3.63, 3.8) is 0 Å². The fraction of sp³-hybridized carbons (Fsp3) is 0.455. The molecule has 0 spiro atoms. The largest absolute Gasteiger partial charge is 0.544 e. The average Bonchev–Trinajstić information content (AvgIpc) is 1.97. The Bertz CT molecular complexity index is 342. The van der Waals surface area contributed by atoms with Gasteiger partial charge >= 0.3 is 0 Å². The lowest BCUT2D eigenvalue weighted by atomic mass is 10.1. The van der Waals surface area contributed by atoms with Crippen molar-refractivity contribution in [3.8, 4) is 5.75 Å². The molecule has 0 aliphatic rings. The van der Waals surface area contributed by atoms with Crippen molar-refractivity contribution in [3.05, 3.63) is 23.3 Å². The highest BCUT2D eigenvalue weighted by Gasteiger charge is 2.17. The average molecular weight is 209 g/mol. The number of nitrogen functional groups attached to an aromatic ring is 1. The maximum Gasteiger partial charge on any atom is 0.242 e. The molecule has 0 aliphatic heterocycles. The lowest BCUT2D eigenvalue weighted by Crippen LogP contribution is -2.29. The third-order valence-corrected chi connectivity index (χ3v) is 2.81. The Morgan fingerprint density at radius 2 is 1.64 bits per heavy atom. The summed E-state index contributed by atoms with van der Waals surface area (Å²) in [5.41, 5.74) is 8.93. The smallest absolute Gasteiger partial charge is 0.242 e. The first-order valence-corrected chi connectivity index (χ1v) is 8.26. The molecule has 1 aromatic carbocycles. The van der Waals surface area contributed by atoms with Crippen molar-refractivity contribution < 1.29 is 4.43 Å². The number of benzene rings is 1. The molecule has 0 aromatic heterocycles. The summed E-state index contributed by atoms with van der Waals surface area (Å²) in [5, 5.41) is 0. The zero-order valence-electron chi connectivity index (χ0n) is 9.64. The monoisotopic (exact) mass is 209 g/mol. The molecule has 2 nitrogen and oxygen atoms in total. The van der Waals surface area contributed by atoms with Crippen LogP contribution in [-0.4, -0.2) is 8.32 Å². The van der Waals surface area contributed by atoms with E-state index in [4.69, 9.17) is 10.2 Å². The molecule has 0 unspecified atom stereocenters. The van der Waals surface area contributed by atoms with Crippen LogP contribution in [0.25, 0.3) is 0 Å². The van der Waals surface area contributed by atoms with Crippen molar-refractivity contribution in [2.24, 2.45) is 0 Å². The molecule has 1 rings (SSSR count). The Labute approximate surface area is 87.2 Å². The third kappa shape index (κ3) is 2.77. The van der Waals surface area contributed by atoms with Crippen LogP contribution >= 0.6 is 0 Å². The Morgan fingerprint density at radius 3 is 2.14 bits per heavy atom. The molecule has 78 valence electrons. The molecular weight excluding hydrogens is 190 g/mol. The molecule has 0 fully saturated rings. The number of aryl methyl sites for hydroxylation is 2. The van der Waals surface area contributed by atoms with Gasteiger partial charge in [0, 0.05) is 11.8 Å². The topological polar surface area (TPSA) is 35.2 Å². The second-order valence-electron chi connectivity index (χ2n) is 4.69. The quantitative estimate of drug-likeness (QED) is 0.600. The zero-order valence-corrected chi connectivity index (χ0v) is 10.6. The standard InChI is InChI=1S/C11H19NOSi/c1-8-6-9(2)11(7-10(8)12)13-14(3,4)5/h6-7H,12H2,1-5H3. The SMILES string of the molecule is Cc1cc(C)c(O[Si](C)(C)C)cc1N. The van der Waals surface area contributed by atoms with Crippen LogP contribution in [0.1, 0.15) is 11.1 Å². The molecule has 0 heterocycles. The van der Waals surface area contributed by atoms with E-state index < -0.39 is 8.32 Å². The summed E-state index contributed by atoms with van der Waals surface area (Å²) in [4.78, 5) is 0. The first-order valence-electron chi connectivity index (χ1n) is 4.85. The van der Waals surface area contributed by atoms with E-state index in [9.17, 15) is 0 Å². The van der Waals surface area contributed by atoms with Gasteiger partial charge in [-0.25, -0.2) is 0 Å². The molecule has 14 heavy (non-hydrogen) atoms. The van der Waals surface area contributed by atoms with Crippen LogP contribution in [0.4, 0.5) is 5.69 Å². The van der Waals surface area contributed by atoms with Gasteiger partial charge in [0.05, 0.1) is 0 Å². The lowest BCUT2D eigenvalue weighted by Gasteiger charge is -2.21. The maximum absolute atomic E-state index is 5.93. The summed E-state index contributed by atoms with van der Waals surface area (Å²) in [6.45, 7) is 10.6. The second kappa shape index (κ2) is 3.65. The van der Waals surface area contributed by atoms with Crippen LogP contribution in [0.5, 0.6) is 5.75 Å². The van der Waals surface area contributed by atoms with Crippen molar-refractivity contribution in [1.29, 1.82) is 0 Å². The summed E-state index contributed by atoms with van der Waals surface area (Å²) in [6, 6.07) is 4.01. The number of nitrogens with two attached hydrogens (primary N) is 1. The van der Waals surface area contributed by atoms with Gasteiger partial charge in [-0.2, -0.15) is 0 Å². The molecule has 0 atom stereocenters. The highest BCUT2D eigenvalue weighted by molar-refractivity contribution is 6.70. The van der Waals surface area contributed by atoms with Gasteiger partial charge in [-0.3, -0.25) is 0 Å². The maximum atomic E-state index is 5.93. The van der Waals surface area contributed by atoms with Crippen LogP contribution in [0.2, 0.25) is 19.6 Å². The highest BCUT2D eigenvalue weighted by atomic mass is 28.4. The number of rotatable bonds is 2. The predicted octanol–water partition coefficient (Wildman–Crippen LogP) is 3.10. The zero-order chi connectivity index (χ0) is 10.9. The summed E-state index contributed by atoms with van der Waals surface area (Å²) < 4.78 is 5.93. The van der Waals surface area contributed by atoms with Gasteiger partial charge in [0.2, 0.25) is 8.32 Å². The highest BCUT2D eigenvalue weighted by Crippen LogP contribution is 2.26. The minimum atomic E-state index is -1.53. The van der Waals surface area contributed by atoms with E-state index in [0.29, 0.717) is 0 Å². The van der Waals surface area contributed by atoms with Gasteiger partial charge in [0.25, 0.3) is 0 Å². The summed E-state index contributed by atoms with van der Waals surface area (Å²) in [5.74, 6) is 0.937. The molecule has 0 bridgehead atoms. The van der Waals surface area contributed by atoms with Gasteiger partial charge in [0.15, 0.2) is 0 Å². The molecule has 2 N–H and O–H groups in total. The molecule has 1 aromatic rings. The van der Waals surface area contributed by atoms with E-state index in [0.717, 1.165) is 17.0 Å². The van der Waals surface area contributed by atoms with E-state index in [1.54, 1.807) is 0 Å². The number of anilines is 1. The van der Waals surface area contributed by atoms with E-state index in [1.165, 1.54) is 5.56 Å². The Kier molecular flexibility index (Phi) is 2.90. The predicted molar refractivity (Wildman–Crippen MR) is 64.3 cm³/mol. The number of hydrogen-bond acceptors (Lipinski definition) is 2. The van der Waals surface area contributed by atoms with Gasteiger partial charge < -0.3 is 10.2 Å². The molecule has 3 heteroatoms. The van der Waals surface area contributed by atoms with Gasteiger partial charge in [-0.05, 0) is 44.6 Å². The normalized spacial score (nSPS) is 11.5. The van der Waals surface area contributed by atoms with Crippen molar-refractivity contribution in [1.82, 2.24) is 0 Å². The van der Waals surface area contributed by atoms with Crippen molar-refractivity contribution >= 4 is 14.0 Å². The van der Waals surface area contributed by atoms with Gasteiger partial charge in [0.1, 0.15) is 5.75 Å². The Balaban J connectivity index is 3.04. The summed E-state index contributed by atoms with van der Waals surface area (Å²) in [6.07, 6.45) is 0. The van der Waals surface area contributed by atoms with Crippen LogP contribution in [0.15, 0.2) is 12.1 Å². The Morgan fingerprint density at radius 1 is 1.07 bits per heavy atom. The minimum absolute atomic E-state index is 0.809. The molecule has 0 saturated carbocycles. The minimum Gasteiger partial charge on any atom is -0.544 e. The fourth-order valence-electron chi connectivity index (χ4n) is 1.29. The summed E-state index contributed by atoms with van der Waals surface area (Å²) in [7, 11) is -1.53. The van der Waals surface area contributed by atoms with Crippen LogP contribution in [-0.2, 0) is 0 Å². The number of hydrogen-bond donors (Lipinski definition) is 1. The van der Waals surface area contributed by atoms with Crippen LogP contribution < -0.4 is 10.2 Å². The lowest BCUT2D eigenvalue weighted by molar-refractivity contribution is 0.553. The van der Waals surface area contributed by atoms with Crippen LogP contribution in [0.3, 0.4) is 0 Å². The van der Waals surface area contributed by atoms with E-state index in [2.05, 4.69) is 32.6 Å². The molecular formula is C11H19NOSi. The molecule has 0 radical (unpaired) electrons. The van der Waals surface area contributed by atoms with Crippen molar-refractivity contribution in [2.45, 2.75) is 33.5 Å². The summed E-state index contributed by atoms with van der Waals surface area (Å²) >= 11 is 0.